The molecule has 0 unspecified atom stereocenters. The lowest BCUT2D eigenvalue weighted by Gasteiger charge is -2.04. The Labute approximate surface area is 135 Å². The van der Waals surface area contributed by atoms with Crippen molar-refractivity contribution < 1.29 is 13.9 Å². The van der Waals surface area contributed by atoms with Gasteiger partial charge in [-0.2, -0.15) is 0 Å². The summed E-state index contributed by atoms with van der Waals surface area (Å²) in [6.45, 7) is 3.94. The minimum atomic E-state index is -0.460. The van der Waals surface area contributed by atoms with Crippen LogP contribution in [0.1, 0.15) is 29.1 Å². The van der Waals surface area contributed by atoms with Crippen LogP contribution in [0.3, 0.4) is 0 Å². The SMILES string of the molecule is CCOC(=O)c1sc(-c2ccc(Br)cc2F)c(CC)c1N. The molecule has 112 valence electrons. The number of benzene rings is 1. The lowest BCUT2D eigenvalue weighted by molar-refractivity contribution is 0.0533. The van der Waals surface area contributed by atoms with E-state index in [2.05, 4.69) is 15.9 Å². The lowest BCUT2D eigenvalue weighted by Crippen LogP contribution is -2.05. The largest absolute Gasteiger partial charge is 0.462 e. The Morgan fingerprint density at radius 2 is 2.14 bits per heavy atom. The van der Waals surface area contributed by atoms with Crippen molar-refractivity contribution in [2.75, 3.05) is 12.3 Å². The van der Waals surface area contributed by atoms with Crippen LogP contribution in [-0.4, -0.2) is 12.6 Å². The highest BCUT2D eigenvalue weighted by atomic mass is 79.9. The molecule has 6 heteroatoms. The smallest absolute Gasteiger partial charge is 0.350 e. The molecule has 0 aliphatic heterocycles. The summed E-state index contributed by atoms with van der Waals surface area (Å²) in [5, 5.41) is 0. The van der Waals surface area contributed by atoms with Crippen molar-refractivity contribution in [1.82, 2.24) is 0 Å². The molecule has 0 amide bonds. The van der Waals surface area contributed by atoms with Gasteiger partial charge in [0, 0.05) is 14.9 Å². The molecule has 0 bridgehead atoms. The number of carbonyl (C=O) groups is 1. The van der Waals surface area contributed by atoms with Crippen LogP contribution in [0.4, 0.5) is 10.1 Å². The van der Waals surface area contributed by atoms with Crippen molar-refractivity contribution >= 4 is 38.9 Å². The van der Waals surface area contributed by atoms with Crippen LogP contribution in [-0.2, 0) is 11.2 Å². The van der Waals surface area contributed by atoms with E-state index in [0.717, 1.165) is 5.56 Å². The second kappa shape index (κ2) is 6.58. The van der Waals surface area contributed by atoms with Gasteiger partial charge in [0.05, 0.1) is 12.3 Å². The molecule has 1 heterocycles. The summed E-state index contributed by atoms with van der Waals surface area (Å²) in [6.07, 6.45) is 0.618. The third kappa shape index (κ3) is 3.11. The standard InChI is InChI=1S/C15H15BrFNO2S/c1-3-9-12(18)14(15(19)20-4-2)21-13(9)10-6-5-8(16)7-11(10)17/h5-7H,3-4,18H2,1-2H3. The Balaban J connectivity index is 2.58. The Hall–Kier alpha value is -1.40. The number of rotatable bonds is 4. The molecular formula is C15H15BrFNO2S. The molecule has 2 aromatic rings. The first-order valence-electron chi connectivity index (χ1n) is 6.53. The Morgan fingerprint density at radius 1 is 1.43 bits per heavy atom. The first-order valence-corrected chi connectivity index (χ1v) is 8.14. The van der Waals surface area contributed by atoms with Crippen molar-refractivity contribution in [3.05, 3.63) is 38.9 Å². The Kier molecular flexibility index (Phi) is 5.00. The van der Waals surface area contributed by atoms with E-state index in [9.17, 15) is 9.18 Å². The summed E-state index contributed by atoms with van der Waals surface area (Å²) >= 11 is 4.41. The fraction of sp³-hybridized carbons (Fsp3) is 0.267. The molecule has 0 aliphatic carbocycles. The highest BCUT2D eigenvalue weighted by Gasteiger charge is 2.23. The zero-order chi connectivity index (χ0) is 15.6. The summed E-state index contributed by atoms with van der Waals surface area (Å²) in [4.78, 5) is 12.9. The number of ether oxygens (including phenoxy) is 1. The number of thiophene rings is 1. The molecule has 0 radical (unpaired) electrons. The van der Waals surface area contributed by atoms with Crippen molar-refractivity contribution in [3.8, 4) is 10.4 Å². The fourth-order valence-corrected chi connectivity index (χ4v) is 3.63. The molecule has 0 fully saturated rings. The van der Waals surface area contributed by atoms with E-state index in [4.69, 9.17) is 10.5 Å². The average Bonchev–Trinajstić information content (AvgIpc) is 2.76. The van der Waals surface area contributed by atoms with Crippen molar-refractivity contribution in [3.63, 3.8) is 0 Å². The van der Waals surface area contributed by atoms with Gasteiger partial charge < -0.3 is 10.5 Å². The highest BCUT2D eigenvalue weighted by Crippen LogP contribution is 2.40. The van der Waals surface area contributed by atoms with Crippen molar-refractivity contribution in [1.29, 1.82) is 0 Å². The van der Waals surface area contributed by atoms with Crippen LogP contribution in [0.15, 0.2) is 22.7 Å². The van der Waals surface area contributed by atoms with E-state index in [0.29, 0.717) is 31.9 Å². The second-order valence-corrected chi connectivity index (χ2v) is 6.29. The monoisotopic (exact) mass is 371 g/mol. The zero-order valence-corrected chi connectivity index (χ0v) is 14.1. The molecule has 0 atom stereocenters. The van der Waals surface area contributed by atoms with Gasteiger partial charge >= 0.3 is 5.97 Å². The Bertz CT molecular complexity index is 685. The fourth-order valence-electron chi connectivity index (χ4n) is 2.07. The van der Waals surface area contributed by atoms with Crippen LogP contribution >= 0.6 is 27.3 Å². The van der Waals surface area contributed by atoms with E-state index in [-0.39, 0.29) is 12.4 Å². The number of nitrogens with two attached hydrogens (primary N) is 1. The Morgan fingerprint density at radius 3 is 2.71 bits per heavy atom. The number of hydrogen-bond donors (Lipinski definition) is 1. The van der Waals surface area contributed by atoms with Crippen LogP contribution in [0.25, 0.3) is 10.4 Å². The summed E-state index contributed by atoms with van der Waals surface area (Å²) < 4.78 is 19.8. The number of anilines is 1. The number of carbonyl (C=O) groups excluding carboxylic acids is 1. The predicted octanol–water partition coefficient (Wildman–Crippen LogP) is 4.64. The summed E-state index contributed by atoms with van der Waals surface area (Å²) in [7, 11) is 0. The topological polar surface area (TPSA) is 52.3 Å². The van der Waals surface area contributed by atoms with Crippen LogP contribution in [0, 0.1) is 5.82 Å². The predicted molar refractivity (Wildman–Crippen MR) is 87.2 cm³/mol. The number of esters is 1. The molecule has 0 spiro atoms. The van der Waals surface area contributed by atoms with E-state index in [1.54, 1.807) is 19.1 Å². The van der Waals surface area contributed by atoms with Gasteiger partial charge in [-0.3, -0.25) is 0 Å². The number of halogens is 2. The molecule has 3 nitrogen and oxygen atoms in total. The summed E-state index contributed by atoms with van der Waals surface area (Å²) in [5.74, 6) is -0.811. The third-order valence-corrected chi connectivity index (χ3v) is 4.79. The minimum Gasteiger partial charge on any atom is -0.462 e. The normalized spacial score (nSPS) is 10.7. The van der Waals surface area contributed by atoms with E-state index in [1.807, 2.05) is 6.92 Å². The molecule has 0 aliphatic rings. The van der Waals surface area contributed by atoms with E-state index >= 15 is 0 Å². The van der Waals surface area contributed by atoms with E-state index in [1.165, 1.54) is 17.4 Å². The molecule has 1 aromatic carbocycles. The maximum absolute atomic E-state index is 14.2. The summed E-state index contributed by atoms with van der Waals surface area (Å²) in [6, 6.07) is 4.84. The average molecular weight is 372 g/mol. The van der Waals surface area contributed by atoms with Crippen LogP contribution in [0.2, 0.25) is 0 Å². The van der Waals surface area contributed by atoms with Crippen LogP contribution in [0.5, 0.6) is 0 Å². The third-order valence-electron chi connectivity index (χ3n) is 3.04. The van der Waals surface area contributed by atoms with Crippen molar-refractivity contribution in [2.45, 2.75) is 20.3 Å². The van der Waals surface area contributed by atoms with Gasteiger partial charge in [-0.15, -0.1) is 11.3 Å². The molecule has 0 saturated heterocycles. The molecule has 1 aromatic heterocycles. The maximum Gasteiger partial charge on any atom is 0.350 e. The van der Waals surface area contributed by atoms with Crippen LogP contribution < -0.4 is 5.73 Å². The molecule has 2 N–H and O–H groups in total. The second-order valence-electron chi connectivity index (χ2n) is 4.35. The lowest BCUT2D eigenvalue weighted by atomic mass is 10.1. The first kappa shape index (κ1) is 16.0. The van der Waals surface area contributed by atoms with Gasteiger partial charge in [0.1, 0.15) is 10.7 Å². The zero-order valence-electron chi connectivity index (χ0n) is 11.7. The molecular weight excluding hydrogens is 357 g/mol. The van der Waals surface area contributed by atoms with E-state index < -0.39 is 5.97 Å². The number of hydrogen-bond acceptors (Lipinski definition) is 4. The van der Waals surface area contributed by atoms with Gasteiger partial charge in [0.15, 0.2) is 0 Å². The summed E-state index contributed by atoms with van der Waals surface area (Å²) in [5.41, 5.74) is 7.66. The quantitative estimate of drug-likeness (QED) is 0.796. The van der Waals surface area contributed by atoms with Gasteiger partial charge in [-0.25, -0.2) is 9.18 Å². The molecule has 21 heavy (non-hydrogen) atoms. The van der Waals surface area contributed by atoms with Crippen molar-refractivity contribution in [2.24, 2.45) is 0 Å². The van der Waals surface area contributed by atoms with Gasteiger partial charge in [0.2, 0.25) is 0 Å². The first-order chi connectivity index (χ1) is 9.99. The minimum absolute atomic E-state index is 0.277. The highest BCUT2D eigenvalue weighted by molar-refractivity contribution is 9.10. The van der Waals surface area contributed by atoms with Gasteiger partial charge in [-0.1, -0.05) is 22.9 Å². The maximum atomic E-state index is 14.2. The number of nitrogen functional groups attached to an aromatic ring is 1. The van der Waals surface area contributed by atoms with Gasteiger partial charge in [-0.05, 0) is 37.1 Å². The molecule has 2 rings (SSSR count). The molecule has 0 saturated carbocycles. The van der Waals surface area contributed by atoms with Gasteiger partial charge in [0.25, 0.3) is 0 Å².